The lowest BCUT2D eigenvalue weighted by atomic mass is 10.1. The molecule has 1 aromatic carbocycles. The van der Waals surface area contributed by atoms with Crippen LogP contribution >= 0.6 is 11.6 Å². The molecule has 1 N–H and O–H groups in total. The topological polar surface area (TPSA) is 46.5 Å². The summed E-state index contributed by atoms with van der Waals surface area (Å²) in [6.07, 6.45) is -0.386. The normalized spacial score (nSPS) is 10.3. The third-order valence-electron chi connectivity index (χ3n) is 1.83. The lowest BCUT2D eigenvalue weighted by Crippen LogP contribution is -2.05. The van der Waals surface area contributed by atoms with Crippen molar-refractivity contribution in [3.8, 4) is 0 Å². The Labute approximate surface area is 91.4 Å². The predicted molar refractivity (Wildman–Crippen MR) is 53.5 cm³/mol. The Morgan fingerprint density at radius 3 is 2.67 bits per heavy atom. The molecule has 0 aromatic heterocycles. The van der Waals surface area contributed by atoms with E-state index in [1.807, 2.05) is 0 Å². The van der Waals surface area contributed by atoms with Crippen molar-refractivity contribution in [2.75, 3.05) is 7.11 Å². The molecule has 0 unspecified atom stereocenters. The van der Waals surface area contributed by atoms with Crippen molar-refractivity contribution in [1.29, 1.82) is 0 Å². The third-order valence-corrected chi connectivity index (χ3v) is 2.05. The van der Waals surface area contributed by atoms with E-state index in [9.17, 15) is 9.18 Å². The molecule has 0 aliphatic heterocycles. The summed E-state index contributed by atoms with van der Waals surface area (Å²) in [5.74, 6) is -1.66. The van der Waals surface area contributed by atoms with E-state index in [2.05, 4.69) is 0 Å². The number of rotatable bonds is 4. The molecule has 0 aliphatic rings. The average molecular weight is 233 g/mol. The Balaban J connectivity index is 3.09. The fraction of sp³-hybridized carbons (Fsp3) is 0.300. The number of hydrogen-bond acceptors (Lipinski definition) is 2. The standard InChI is InChI=1S/C10H10ClFO3/c1-15-5-7-3-8(11)2-6(10(7)12)4-9(13)14/h2-3H,4-5H2,1H3,(H,13,14). The van der Waals surface area contributed by atoms with Crippen LogP contribution in [0.3, 0.4) is 0 Å². The van der Waals surface area contributed by atoms with Gasteiger partial charge in [-0.25, -0.2) is 4.39 Å². The van der Waals surface area contributed by atoms with E-state index >= 15 is 0 Å². The van der Waals surface area contributed by atoms with Gasteiger partial charge in [0.05, 0.1) is 13.0 Å². The zero-order valence-electron chi connectivity index (χ0n) is 8.09. The van der Waals surface area contributed by atoms with E-state index in [1.54, 1.807) is 0 Å². The summed E-state index contributed by atoms with van der Waals surface area (Å²) < 4.78 is 18.4. The molecule has 1 rings (SSSR count). The molecule has 0 spiro atoms. The fourth-order valence-electron chi connectivity index (χ4n) is 1.26. The van der Waals surface area contributed by atoms with Gasteiger partial charge in [-0.05, 0) is 12.1 Å². The molecule has 0 radical (unpaired) electrons. The first-order chi connectivity index (χ1) is 7.04. The minimum Gasteiger partial charge on any atom is -0.481 e. The first-order valence-corrected chi connectivity index (χ1v) is 4.60. The maximum atomic E-state index is 13.6. The first kappa shape index (κ1) is 11.9. The number of hydrogen-bond donors (Lipinski definition) is 1. The minimum absolute atomic E-state index is 0.0685. The fourth-order valence-corrected chi connectivity index (χ4v) is 1.52. The van der Waals surface area contributed by atoms with E-state index in [0.29, 0.717) is 5.02 Å². The molecule has 0 bridgehead atoms. The first-order valence-electron chi connectivity index (χ1n) is 4.22. The largest absolute Gasteiger partial charge is 0.481 e. The van der Waals surface area contributed by atoms with Crippen molar-refractivity contribution in [3.05, 3.63) is 34.1 Å². The van der Waals surface area contributed by atoms with Crippen LogP contribution in [0.1, 0.15) is 11.1 Å². The monoisotopic (exact) mass is 232 g/mol. The second-order valence-corrected chi connectivity index (χ2v) is 3.48. The van der Waals surface area contributed by atoms with Gasteiger partial charge < -0.3 is 9.84 Å². The molecule has 0 saturated heterocycles. The highest BCUT2D eigenvalue weighted by molar-refractivity contribution is 6.30. The smallest absolute Gasteiger partial charge is 0.307 e. The van der Waals surface area contributed by atoms with Crippen LogP contribution < -0.4 is 0 Å². The van der Waals surface area contributed by atoms with Crippen LogP contribution in [0, 0.1) is 5.82 Å². The van der Waals surface area contributed by atoms with Crippen LogP contribution in [0.15, 0.2) is 12.1 Å². The zero-order chi connectivity index (χ0) is 11.4. The van der Waals surface area contributed by atoms with Crippen LogP contribution in [0.4, 0.5) is 4.39 Å². The summed E-state index contributed by atoms with van der Waals surface area (Å²) in [6, 6.07) is 2.73. The van der Waals surface area contributed by atoms with Crippen LogP contribution in [0.25, 0.3) is 0 Å². The number of carboxylic acids is 1. The van der Waals surface area contributed by atoms with Crippen molar-refractivity contribution in [2.45, 2.75) is 13.0 Å². The number of aliphatic carboxylic acids is 1. The Hall–Kier alpha value is -1.13. The van der Waals surface area contributed by atoms with E-state index < -0.39 is 11.8 Å². The molecule has 0 heterocycles. The van der Waals surface area contributed by atoms with Gasteiger partial charge >= 0.3 is 5.97 Å². The van der Waals surface area contributed by atoms with Crippen LogP contribution in [-0.4, -0.2) is 18.2 Å². The number of carboxylic acid groups (broad SMARTS) is 1. The molecule has 0 fully saturated rings. The van der Waals surface area contributed by atoms with Gasteiger partial charge in [-0.2, -0.15) is 0 Å². The lowest BCUT2D eigenvalue weighted by molar-refractivity contribution is -0.136. The highest BCUT2D eigenvalue weighted by atomic mass is 35.5. The molecule has 5 heteroatoms. The van der Waals surface area contributed by atoms with Gasteiger partial charge in [-0.1, -0.05) is 11.6 Å². The van der Waals surface area contributed by atoms with Crippen LogP contribution in [-0.2, 0) is 22.6 Å². The summed E-state index contributed by atoms with van der Waals surface area (Å²) in [5, 5.41) is 8.87. The molecule has 0 amide bonds. The summed E-state index contributed by atoms with van der Waals surface area (Å²) in [7, 11) is 1.43. The molecule has 3 nitrogen and oxygen atoms in total. The second kappa shape index (κ2) is 5.09. The summed E-state index contributed by atoms with van der Waals surface area (Å²) >= 11 is 5.73. The number of halogens is 2. The minimum atomic E-state index is -1.10. The number of methoxy groups -OCH3 is 1. The molecule has 0 aliphatic carbocycles. The number of carbonyl (C=O) groups is 1. The quantitative estimate of drug-likeness (QED) is 0.866. The van der Waals surface area contributed by atoms with Gasteiger partial charge in [0, 0.05) is 23.3 Å². The van der Waals surface area contributed by atoms with E-state index in [-0.39, 0.29) is 24.2 Å². The lowest BCUT2D eigenvalue weighted by Gasteiger charge is -2.07. The summed E-state index contributed by atoms with van der Waals surface area (Å²) in [6.45, 7) is 0.0685. The number of ether oxygens (including phenoxy) is 1. The summed E-state index contributed by atoms with van der Waals surface area (Å²) in [5.41, 5.74) is 0.336. The molecular formula is C10H10ClFO3. The Morgan fingerprint density at radius 2 is 2.13 bits per heavy atom. The highest BCUT2D eigenvalue weighted by Gasteiger charge is 2.12. The average Bonchev–Trinajstić information content (AvgIpc) is 2.12. The van der Waals surface area contributed by atoms with E-state index in [4.69, 9.17) is 21.4 Å². The van der Waals surface area contributed by atoms with Crippen molar-refractivity contribution in [2.24, 2.45) is 0 Å². The van der Waals surface area contributed by atoms with Crippen molar-refractivity contribution in [3.63, 3.8) is 0 Å². The van der Waals surface area contributed by atoms with Crippen molar-refractivity contribution < 1.29 is 19.0 Å². The van der Waals surface area contributed by atoms with E-state index in [0.717, 1.165) is 0 Å². The zero-order valence-corrected chi connectivity index (χ0v) is 8.84. The van der Waals surface area contributed by atoms with Gasteiger partial charge in [0.15, 0.2) is 0 Å². The van der Waals surface area contributed by atoms with Crippen molar-refractivity contribution >= 4 is 17.6 Å². The van der Waals surface area contributed by atoms with E-state index in [1.165, 1.54) is 19.2 Å². The second-order valence-electron chi connectivity index (χ2n) is 3.04. The highest BCUT2D eigenvalue weighted by Crippen LogP contribution is 2.21. The maximum absolute atomic E-state index is 13.6. The Morgan fingerprint density at radius 1 is 1.53 bits per heavy atom. The van der Waals surface area contributed by atoms with Gasteiger partial charge in [0.25, 0.3) is 0 Å². The molecular weight excluding hydrogens is 223 g/mol. The predicted octanol–water partition coefficient (Wildman–Crippen LogP) is 2.25. The van der Waals surface area contributed by atoms with Crippen molar-refractivity contribution in [1.82, 2.24) is 0 Å². The Bertz CT molecular complexity index is 379. The van der Waals surface area contributed by atoms with Crippen LogP contribution in [0.5, 0.6) is 0 Å². The molecule has 0 saturated carbocycles. The third kappa shape index (κ3) is 3.18. The molecule has 1 aromatic rings. The van der Waals surface area contributed by atoms with Gasteiger partial charge in [0.2, 0.25) is 0 Å². The van der Waals surface area contributed by atoms with Gasteiger partial charge in [-0.15, -0.1) is 0 Å². The van der Waals surface area contributed by atoms with Gasteiger partial charge in [0.1, 0.15) is 5.82 Å². The van der Waals surface area contributed by atoms with Gasteiger partial charge in [-0.3, -0.25) is 4.79 Å². The molecule has 15 heavy (non-hydrogen) atoms. The van der Waals surface area contributed by atoms with Crippen LogP contribution in [0.2, 0.25) is 5.02 Å². The Kier molecular flexibility index (Phi) is 4.05. The molecule has 82 valence electrons. The maximum Gasteiger partial charge on any atom is 0.307 e. The summed E-state index contributed by atoms with van der Waals surface area (Å²) in [4.78, 5) is 10.5. The number of benzene rings is 1. The molecule has 0 atom stereocenters. The SMILES string of the molecule is COCc1cc(Cl)cc(CC(=O)O)c1F.